The van der Waals surface area contributed by atoms with Crippen molar-refractivity contribution in [2.75, 3.05) is 24.5 Å². The van der Waals surface area contributed by atoms with Crippen molar-refractivity contribution in [2.45, 2.75) is 38.3 Å². The zero-order valence-corrected chi connectivity index (χ0v) is 14.3. The highest BCUT2D eigenvalue weighted by atomic mass is 19.4. The molecule has 1 aromatic carbocycles. The number of para-hydroxylation sites is 1. The Hall–Kier alpha value is -1.72. The summed E-state index contributed by atoms with van der Waals surface area (Å²) in [6.45, 7) is 2.37. The van der Waals surface area contributed by atoms with Gasteiger partial charge < -0.3 is 10.2 Å². The average molecular weight is 354 g/mol. The van der Waals surface area contributed by atoms with Crippen LogP contribution in [0.3, 0.4) is 0 Å². The third-order valence-corrected chi connectivity index (χ3v) is 5.48. The average Bonchev–Trinajstić information content (AvgIpc) is 3.09. The Morgan fingerprint density at radius 1 is 1.16 bits per heavy atom. The number of carbonyl (C=O) groups is 1. The lowest BCUT2D eigenvalue weighted by molar-refractivity contribution is -0.186. The summed E-state index contributed by atoms with van der Waals surface area (Å²) in [5.74, 6) is -1.66. The van der Waals surface area contributed by atoms with Gasteiger partial charge in [0.1, 0.15) is 0 Å². The van der Waals surface area contributed by atoms with E-state index in [1.807, 2.05) is 18.2 Å². The van der Waals surface area contributed by atoms with Gasteiger partial charge in [-0.25, -0.2) is 0 Å². The molecule has 3 rings (SSSR count). The first-order valence-corrected chi connectivity index (χ1v) is 9.08. The predicted molar refractivity (Wildman–Crippen MR) is 91.3 cm³/mol. The summed E-state index contributed by atoms with van der Waals surface area (Å²) in [4.78, 5) is 14.6. The molecule has 1 N–H and O–H groups in total. The third kappa shape index (κ3) is 4.67. The van der Waals surface area contributed by atoms with Crippen LogP contribution in [0.25, 0.3) is 0 Å². The molecule has 0 radical (unpaired) electrons. The summed E-state index contributed by atoms with van der Waals surface area (Å²) >= 11 is 0. The van der Waals surface area contributed by atoms with Crippen molar-refractivity contribution in [2.24, 2.45) is 17.8 Å². The smallest absolute Gasteiger partial charge is 0.371 e. The first-order chi connectivity index (χ1) is 11.9. The number of nitrogens with zero attached hydrogens (tertiary/aromatic N) is 1. The second-order valence-electron chi connectivity index (χ2n) is 7.28. The quantitative estimate of drug-likeness (QED) is 0.886. The van der Waals surface area contributed by atoms with Gasteiger partial charge in [-0.3, -0.25) is 4.79 Å². The fraction of sp³-hybridized carbons (Fsp3) is 0.632. The minimum absolute atomic E-state index is 0.0594. The lowest BCUT2D eigenvalue weighted by Gasteiger charge is -2.30. The van der Waals surface area contributed by atoms with Crippen molar-refractivity contribution in [3.8, 4) is 0 Å². The number of halogens is 3. The lowest BCUT2D eigenvalue weighted by Crippen LogP contribution is -2.39. The molecule has 1 saturated carbocycles. The number of alkyl halides is 3. The van der Waals surface area contributed by atoms with E-state index in [0.29, 0.717) is 25.3 Å². The molecule has 3 nitrogen and oxygen atoms in total. The van der Waals surface area contributed by atoms with E-state index in [0.717, 1.165) is 19.5 Å². The molecule has 2 aliphatic rings. The zero-order chi connectivity index (χ0) is 17.9. The molecular formula is C19H25F3N2O. The van der Waals surface area contributed by atoms with E-state index in [4.69, 9.17) is 0 Å². The van der Waals surface area contributed by atoms with Gasteiger partial charge in [0.05, 0.1) is 5.92 Å². The number of carbonyl (C=O) groups excluding carboxylic acids is 1. The van der Waals surface area contributed by atoms with Crippen molar-refractivity contribution in [1.29, 1.82) is 0 Å². The molecule has 6 heteroatoms. The Labute approximate surface area is 146 Å². The summed E-state index contributed by atoms with van der Waals surface area (Å²) in [6, 6.07) is 10.1. The van der Waals surface area contributed by atoms with Gasteiger partial charge in [-0.15, -0.1) is 0 Å². The molecule has 0 unspecified atom stereocenters. The van der Waals surface area contributed by atoms with Gasteiger partial charge in [0.25, 0.3) is 0 Å². The minimum atomic E-state index is -4.18. The Bertz CT molecular complexity index is 576. The van der Waals surface area contributed by atoms with Crippen LogP contribution in [0.15, 0.2) is 30.3 Å². The van der Waals surface area contributed by atoms with Crippen molar-refractivity contribution in [3.05, 3.63) is 30.3 Å². The normalized spacial score (nSPS) is 27.3. The van der Waals surface area contributed by atoms with Gasteiger partial charge >= 0.3 is 6.18 Å². The molecule has 0 spiro atoms. The predicted octanol–water partition coefficient (Wildman–Crippen LogP) is 4.00. The Kier molecular flexibility index (Phi) is 5.54. The summed E-state index contributed by atoms with van der Waals surface area (Å²) in [6.07, 6.45) is -2.05. The van der Waals surface area contributed by atoms with Gasteiger partial charge in [-0.05, 0) is 43.7 Å². The monoisotopic (exact) mass is 354 g/mol. The zero-order valence-electron chi connectivity index (χ0n) is 14.3. The molecule has 3 atom stereocenters. The maximum Gasteiger partial charge on any atom is 0.391 e. The van der Waals surface area contributed by atoms with Crippen LogP contribution in [0.2, 0.25) is 0 Å². The van der Waals surface area contributed by atoms with Gasteiger partial charge in [-0.1, -0.05) is 24.6 Å². The first kappa shape index (κ1) is 18.1. The summed E-state index contributed by atoms with van der Waals surface area (Å²) in [5, 5.41) is 2.91. The molecule has 0 aromatic heterocycles. The molecule has 1 heterocycles. The number of hydrogen-bond acceptors (Lipinski definition) is 2. The molecular weight excluding hydrogens is 329 g/mol. The first-order valence-electron chi connectivity index (χ1n) is 9.08. The second kappa shape index (κ2) is 7.67. The van der Waals surface area contributed by atoms with E-state index in [1.54, 1.807) is 0 Å². The number of benzene rings is 1. The number of amides is 1. The number of anilines is 1. The molecule has 1 amide bonds. The van der Waals surface area contributed by atoms with Crippen LogP contribution < -0.4 is 10.2 Å². The van der Waals surface area contributed by atoms with Crippen LogP contribution in [0.1, 0.15) is 32.1 Å². The molecule has 25 heavy (non-hydrogen) atoms. The Balaban J connectivity index is 1.45. The lowest BCUT2D eigenvalue weighted by atomic mass is 9.80. The third-order valence-electron chi connectivity index (χ3n) is 5.48. The number of nitrogens with one attached hydrogen (secondary N) is 1. The minimum Gasteiger partial charge on any atom is -0.371 e. The SMILES string of the molecule is O=C(NC[C@@H]1CCN(c2ccccc2)C1)[C@@H]1CCC[C@H](C(F)(F)F)C1. The standard InChI is InChI=1S/C19H25F3N2O/c20-19(21,22)16-6-4-5-15(11-16)18(25)23-12-14-9-10-24(13-14)17-7-2-1-3-8-17/h1-3,7-8,14-16H,4-6,9-13H2,(H,23,25)/t14-,15+,16-/m0/s1. The van der Waals surface area contributed by atoms with Gasteiger partial charge in [0.15, 0.2) is 0 Å². The van der Waals surface area contributed by atoms with E-state index in [2.05, 4.69) is 22.3 Å². The molecule has 1 aromatic rings. The topological polar surface area (TPSA) is 32.3 Å². The van der Waals surface area contributed by atoms with Crippen LogP contribution >= 0.6 is 0 Å². The molecule has 1 aliphatic heterocycles. The van der Waals surface area contributed by atoms with E-state index < -0.39 is 18.0 Å². The molecule has 1 saturated heterocycles. The van der Waals surface area contributed by atoms with Gasteiger partial charge in [-0.2, -0.15) is 13.2 Å². The largest absolute Gasteiger partial charge is 0.391 e. The number of rotatable bonds is 4. The van der Waals surface area contributed by atoms with Crippen LogP contribution in [-0.2, 0) is 4.79 Å². The fourth-order valence-corrected chi connectivity index (χ4v) is 3.99. The van der Waals surface area contributed by atoms with E-state index in [1.165, 1.54) is 5.69 Å². The fourth-order valence-electron chi connectivity index (χ4n) is 3.99. The Morgan fingerprint density at radius 3 is 2.64 bits per heavy atom. The highest BCUT2D eigenvalue weighted by Gasteiger charge is 2.43. The molecule has 0 bridgehead atoms. The maximum absolute atomic E-state index is 12.9. The van der Waals surface area contributed by atoms with Crippen LogP contribution in [0, 0.1) is 17.8 Å². The molecule has 138 valence electrons. The number of hydrogen-bond donors (Lipinski definition) is 1. The second-order valence-corrected chi connectivity index (χ2v) is 7.28. The van der Waals surface area contributed by atoms with Crippen LogP contribution in [0.4, 0.5) is 18.9 Å². The molecule has 2 fully saturated rings. The van der Waals surface area contributed by atoms with E-state index in [-0.39, 0.29) is 18.7 Å². The van der Waals surface area contributed by atoms with Crippen molar-refractivity contribution in [3.63, 3.8) is 0 Å². The summed E-state index contributed by atoms with van der Waals surface area (Å²) < 4.78 is 38.6. The summed E-state index contributed by atoms with van der Waals surface area (Å²) in [5.41, 5.74) is 1.18. The molecule has 1 aliphatic carbocycles. The van der Waals surface area contributed by atoms with Gasteiger partial charge in [0.2, 0.25) is 5.91 Å². The highest BCUT2D eigenvalue weighted by Crippen LogP contribution is 2.40. The van der Waals surface area contributed by atoms with E-state index >= 15 is 0 Å². The van der Waals surface area contributed by atoms with Crippen LogP contribution in [-0.4, -0.2) is 31.7 Å². The Morgan fingerprint density at radius 2 is 1.92 bits per heavy atom. The van der Waals surface area contributed by atoms with Gasteiger partial charge in [0, 0.05) is 31.2 Å². The summed E-state index contributed by atoms with van der Waals surface area (Å²) in [7, 11) is 0. The maximum atomic E-state index is 12.9. The highest BCUT2D eigenvalue weighted by molar-refractivity contribution is 5.78. The van der Waals surface area contributed by atoms with Crippen molar-refractivity contribution < 1.29 is 18.0 Å². The van der Waals surface area contributed by atoms with Crippen LogP contribution in [0.5, 0.6) is 0 Å². The van der Waals surface area contributed by atoms with Crippen molar-refractivity contribution >= 4 is 11.6 Å². The van der Waals surface area contributed by atoms with Crippen molar-refractivity contribution in [1.82, 2.24) is 5.32 Å². The van der Waals surface area contributed by atoms with E-state index in [9.17, 15) is 18.0 Å².